The van der Waals surface area contributed by atoms with Crippen molar-refractivity contribution in [1.82, 2.24) is 9.55 Å². The van der Waals surface area contributed by atoms with Gasteiger partial charge in [-0.3, -0.25) is 4.57 Å². The van der Waals surface area contributed by atoms with Crippen molar-refractivity contribution in [3.8, 4) is 27.9 Å². The van der Waals surface area contributed by atoms with Crippen LogP contribution in [-0.2, 0) is 6.42 Å². The summed E-state index contributed by atoms with van der Waals surface area (Å²) >= 11 is 0. The van der Waals surface area contributed by atoms with Crippen molar-refractivity contribution in [2.75, 3.05) is 4.90 Å². The largest absolute Gasteiger partial charge is 0.306 e. The van der Waals surface area contributed by atoms with E-state index < -0.39 is 0 Å². The zero-order chi connectivity index (χ0) is 31.8. The first-order valence-corrected chi connectivity index (χ1v) is 16.7. The molecule has 0 radical (unpaired) electrons. The number of para-hydroxylation sites is 2. The minimum atomic E-state index is 0.843. The molecular formula is C45H31N3. The number of hydrogen-bond donors (Lipinski definition) is 0. The predicted molar refractivity (Wildman–Crippen MR) is 202 cm³/mol. The molecule has 0 spiro atoms. The fourth-order valence-electron chi connectivity index (χ4n) is 7.96. The molecule has 48 heavy (non-hydrogen) atoms. The average Bonchev–Trinajstić information content (AvgIpc) is 3.54. The third-order valence-corrected chi connectivity index (χ3v) is 10.0. The standard InChI is InChI=1S/C45H31N3/c1-2-42-46-38-21-12-22-40-45(38)48(42)41-28-32(25-26-39(41)47(40)33-15-4-3-5-16-33)44-36-19-10-8-17-34(36)43(35-18-9-11-20-37(35)44)31-24-23-29-13-6-7-14-30(29)27-31/h3-28H,2H2,1H3. The van der Waals surface area contributed by atoms with E-state index in [0.717, 1.165) is 46.0 Å². The highest BCUT2D eigenvalue weighted by atomic mass is 15.2. The van der Waals surface area contributed by atoms with Gasteiger partial charge in [0.2, 0.25) is 0 Å². The van der Waals surface area contributed by atoms with Gasteiger partial charge in [-0.05, 0) is 97.0 Å². The second kappa shape index (κ2) is 10.4. The van der Waals surface area contributed by atoms with Gasteiger partial charge in [-0.1, -0.05) is 122 Å². The van der Waals surface area contributed by atoms with E-state index in [1.54, 1.807) is 0 Å². The number of aryl methyl sites for hydroxylation is 1. The van der Waals surface area contributed by atoms with Crippen molar-refractivity contribution < 1.29 is 0 Å². The zero-order valence-corrected chi connectivity index (χ0v) is 26.6. The van der Waals surface area contributed by atoms with E-state index in [2.05, 4.69) is 174 Å². The quantitative estimate of drug-likeness (QED) is 0.184. The summed E-state index contributed by atoms with van der Waals surface area (Å²) in [6, 6.07) is 57.5. The van der Waals surface area contributed by atoms with Gasteiger partial charge in [-0.2, -0.15) is 0 Å². The molecule has 3 nitrogen and oxygen atoms in total. The van der Waals surface area contributed by atoms with Crippen molar-refractivity contribution in [3.05, 3.63) is 164 Å². The van der Waals surface area contributed by atoms with Crippen LogP contribution < -0.4 is 4.90 Å². The van der Waals surface area contributed by atoms with E-state index in [1.165, 1.54) is 54.6 Å². The van der Waals surface area contributed by atoms with Gasteiger partial charge in [0.1, 0.15) is 5.82 Å². The van der Waals surface area contributed by atoms with E-state index in [0.29, 0.717) is 0 Å². The molecule has 1 aliphatic heterocycles. The summed E-state index contributed by atoms with van der Waals surface area (Å²) < 4.78 is 2.40. The van der Waals surface area contributed by atoms with Crippen LogP contribution in [-0.4, -0.2) is 9.55 Å². The number of benzene rings is 8. The van der Waals surface area contributed by atoms with Crippen LogP contribution in [0.3, 0.4) is 0 Å². The normalized spacial score (nSPS) is 12.3. The van der Waals surface area contributed by atoms with Gasteiger partial charge in [0, 0.05) is 12.1 Å². The lowest BCUT2D eigenvalue weighted by Crippen LogP contribution is -2.19. The maximum Gasteiger partial charge on any atom is 0.114 e. The molecular weight excluding hydrogens is 583 g/mol. The van der Waals surface area contributed by atoms with Crippen LogP contribution in [0.25, 0.3) is 71.3 Å². The third kappa shape index (κ3) is 3.85. The highest BCUT2D eigenvalue weighted by Gasteiger charge is 2.29. The Hall–Kier alpha value is -6.19. The number of anilines is 3. The third-order valence-electron chi connectivity index (χ3n) is 10.0. The average molecular weight is 614 g/mol. The Morgan fingerprint density at radius 1 is 0.479 bits per heavy atom. The fraction of sp³-hybridized carbons (Fsp3) is 0.0444. The van der Waals surface area contributed by atoms with Crippen molar-refractivity contribution in [2.24, 2.45) is 0 Å². The SMILES string of the molecule is CCc1nc2cccc3c2n1-c1cc(-c2c4ccccc4c(-c4ccc5ccccc5c4)c4ccccc24)ccc1N3c1ccccc1. The Morgan fingerprint density at radius 3 is 1.77 bits per heavy atom. The molecule has 0 N–H and O–H groups in total. The van der Waals surface area contributed by atoms with E-state index >= 15 is 0 Å². The first kappa shape index (κ1) is 27.0. The number of imidazole rings is 1. The predicted octanol–water partition coefficient (Wildman–Crippen LogP) is 12.2. The molecule has 8 aromatic carbocycles. The van der Waals surface area contributed by atoms with E-state index in [1.807, 2.05) is 0 Å². The Morgan fingerprint density at radius 2 is 1.08 bits per heavy atom. The molecule has 9 aromatic rings. The Balaban J connectivity index is 1.28. The summed E-state index contributed by atoms with van der Waals surface area (Å²) in [4.78, 5) is 7.53. The molecule has 1 aromatic heterocycles. The van der Waals surface area contributed by atoms with Gasteiger partial charge in [-0.15, -0.1) is 0 Å². The summed E-state index contributed by atoms with van der Waals surface area (Å²) in [5.74, 6) is 1.07. The first-order chi connectivity index (χ1) is 23.8. The number of aromatic nitrogens is 2. The maximum absolute atomic E-state index is 5.14. The lowest BCUT2D eigenvalue weighted by atomic mass is 9.85. The number of fused-ring (bicyclic) bond motifs is 5. The zero-order valence-electron chi connectivity index (χ0n) is 26.6. The van der Waals surface area contributed by atoms with Crippen molar-refractivity contribution in [3.63, 3.8) is 0 Å². The van der Waals surface area contributed by atoms with Gasteiger partial charge in [0.05, 0.1) is 28.1 Å². The molecule has 2 heterocycles. The minimum absolute atomic E-state index is 0.843. The van der Waals surface area contributed by atoms with Crippen molar-refractivity contribution in [1.29, 1.82) is 0 Å². The number of hydrogen-bond acceptors (Lipinski definition) is 2. The number of rotatable bonds is 4. The van der Waals surface area contributed by atoms with Gasteiger partial charge >= 0.3 is 0 Å². The fourth-order valence-corrected chi connectivity index (χ4v) is 7.96. The molecule has 0 unspecified atom stereocenters. The van der Waals surface area contributed by atoms with Crippen LogP contribution in [0.1, 0.15) is 12.7 Å². The topological polar surface area (TPSA) is 21.1 Å². The van der Waals surface area contributed by atoms with Crippen LogP contribution in [0.2, 0.25) is 0 Å². The van der Waals surface area contributed by atoms with E-state index in [9.17, 15) is 0 Å². The second-order valence-electron chi connectivity index (χ2n) is 12.6. The van der Waals surface area contributed by atoms with Crippen LogP contribution in [0.5, 0.6) is 0 Å². The molecule has 0 atom stereocenters. The molecule has 0 saturated carbocycles. The van der Waals surface area contributed by atoms with Crippen molar-refractivity contribution >= 4 is 60.4 Å². The highest BCUT2D eigenvalue weighted by molar-refractivity contribution is 6.22. The Kier molecular flexibility index (Phi) is 5.85. The Labute approximate surface area is 279 Å². The van der Waals surface area contributed by atoms with Crippen LogP contribution >= 0.6 is 0 Å². The molecule has 226 valence electrons. The molecule has 3 heteroatoms. The van der Waals surface area contributed by atoms with Gasteiger partial charge < -0.3 is 4.90 Å². The smallest absolute Gasteiger partial charge is 0.114 e. The van der Waals surface area contributed by atoms with Crippen LogP contribution in [0.15, 0.2) is 158 Å². The summed E-state index contributed by atoms with van der Waals surface area (Å²) in [5.41, 5.74) is 11.8. The molecule has 0 fully saturated rings. The molecule has 1 aliphatic rings. The van der Waals surface area contributed by atoms with Gasteiger partial charge in [-0.25, -0.2) is 4.98 Å². The summed E-state index contributed by atoms with van der Waals surface area (Å²) in [7, 11) is 0. The molecule has 0 aliphatic carbocycles. The molecule has 0 bridgehead atoms. The second-order valence-corrected chi connectivity index (χ2v) is 12.6. The monoisotopic (exact) mass is 613 g/mol. The molecule has 0 amide bonds. The summed E-state index contributed by atoms with van der Waals surface area (Å²) in [6.45, 7) is 2.20. The van der Waals surface area contributed by atoms with Crippen LogP contribution in [0, 0.1) is 0 Å². The summed E-state index contributed by atoms with van der Waals surface area (Å²) in [5, 5.41) is 7.53. The number of nitrogens with zero attached hydrogens (tertiary/aromatic N) is 3. The summed E-state index contributed by atoms with van der Waals surface area (Å²) in [6.07, 6.45) is 0.843. The van der Waals surface area contributed by atoms with E-state index in [4.69, 9.17) is 4.98 Å². The van der Waals surface area contributed by atoms with Gasteiger partial charge in [0.15, 0.2) is 0 Å². The van der Waals surface area contributed by atoms with E-state index in [-0.39, 0.29) is 0 Å². The highest BCUT2D eigenvalue weighted by Crippen LogP contribution is 2.50. The van der Waals surface area contributed by atoms with Crippen molar-refractivity contribution in [2.45, 2.75) is 13.3 Å². The molecule has 10 rings (SSSR count). The minimum Gasteiger partial charge on any atom is -0.306 e. The Bertz CT molecular complexity index is 2660. The lowest BCUT2D eigenvalue weighted by Gasteiger charge is -2.33. The van der Waals surface area contributed by atoms with Gasteiger partial charge in [0.25, 0.3) is 0 Å². The van der Waals surface area contributed by atoms with Crippen LogP contribution in [0.4, 0.5) is 17.1 Å². The lowest BCUT2D eigenvalue weighted by molar-refractivity contribution is 0.901. The first-order valence-electron chi connectivity index (χ1n) is 16.7. The molecule has 0 saturated heterocycles. The maximum atomic E-state index is 5.14.